The van der Waals surface area contributed by atoms with Crippen LogP contribution in [0.5, 0.6) is 0 Å². The molecule has 4 aliphatic carbocycles. The van der Waals surface area contributed by atoms with Gasteiger partial charge in [0.15, 0.2) is 0 Å². The molecule has 166 valence electrons. The molecule has 0 aromatic carbocycles. The lowest BCUT2D eigenvalue weighted by Crippen LogP contribution is -2.52. The molecule has 0 aromatic rings. The summed E-state index contributed by atoms with van der Waals surface area (Å²) in [6.45, 7) is 17.9. The van der Waals surface area contributed by atoms with Gasteiger partial charge in [0.1, 0.15) is 0 Å². The fraction of sp³-hybridized carbons (Fsp3) is 0.931. The Morgan fingerprint density at radius 3 is 2.38 bits per heavy atom. The fourth-order valence-electron chi connectivity index (χ4n) is 9.52. The summed E-state index contributed by atoms with van der Waals surface area (Å²) in [6, 6.07) is 0. The van der Waals surface area contributed by atoms with Crippen LogP contribution in [-0.2, 0) is 0 Å². The van der Waals surface area contributed by atoms with E-state index in [-0.39, 0.29) is 0 Å². The zero-order valence-corrected chi connectivity index (χ0v) is 20.8. The van der Waals surface area contributed by atoms with E-state index in [0.717, 1.165) is 35.5 Å². The zero-order chi connectivity index (χ0) is 21.0. The van der Waals surface area contributed by atoms with Crippen molar-refractivity contribution >= 4 is 0 Å². The van der Waals surface area contributed by atoms with Gasteiger partial charge in [-0.2, -0.15) is 0 Å². The molecule has 0 N–H and O–H groups in total. The van der Waals surface area contributed by atoms with Gasteiger partial charge in [-0.25, -0.2) is 0 Å². The zero-order valence-electron chi connectivity index (χ0n) is 20.8. The molecule has 4 aliphatic rings. The first-order valence-corrected chi connectivity index (χ1v) is 13.3. The maximum atomic E-state index is 2.77. The lowest BCUT2D eigenvalue weighted by atomic mass is 9.44. The Morgan fingerprint density at radius 1 is 0.897 bits per heavy atom. The molecule has 0 nitrogen and oxygen atoms in total. The van der Waals surface area contributed by atoms with Gasteiger partial charge in [0.05, 0.1) is 0 Å². The highest BCUT2D eigenvalue weighted by Gasteiger charge is 2.60. The highest BCUT2D eigenvalue weighted by atomic mass is 14.6. The minimum atomic E-state index is 0.446. The summed E-state index contributed by atoms with van der Waals surface area (Å²) in [7, 11) is 0. The molecule has 0 aliphatic heterocycles. The summed E-state index contributed by atoms with van der Waals surface area (Å²) in [5, 5.41) is 0. The van der Waals surface area contributed by atoms with E-state index in [0.29, 0.717) is 16.2 Å². The number of hydrogen-bond donors (Lipinski definition) is 0. The molecule has 1 unspecified atom stereocenters. The summed E-state index contributed by atoms with van der Waals surface area (Å²) < 4.78 is 0. The SMILES string of the molecule is CC(C)CCCC(C)[C@H]1CC[C@H]2[C@@H]3CC=C4C(C)(C)CCC[C@]4(C)[C@H]3CC[C@]12C. The van der Waals surface area contributed by atoms with E-state index in [1.165, 1.54) is 70.6 Å². The van der Waals surface area contributed by atoms with Crippen molar-refractivity contribution in [3.8, 4) is 0 Å². The van der Waals surface area contributed by atoms with Crippen molar-refractivity contribution in [1.82, 2.24) is 0 Å². The van der Waals surface area contributed by atoms with Crippen LogP contribution in [0.3, 0.4) is 0 Å². The molecule has 7 atom stereocenters. The third-order valence-electron chi connectivity index (χ3n) is 10.9. The average molecular weight is 399 g/mol. The molecule has 0 aromatic heterocycles. The monoisotopic (exact) mass is 398 g/mol. The van der Waals surface area contributed by atoms with Crippen LogP contribution >= 0.6 is 0 Å². The van der Waals surface area contributed by atoms with E-state index in [1.807, 2.05) is 5.57 Å². The maximum Gasteiger partial charge on any atom is -0.00799 e. The Balaban J connectivity index is 1.53. The van der Waals surface area contributed by atoms with Gasteiger partial charge in [-0.15, -0.1) is 0 Å². The molecule has 0 amide bonds. The van der Waals surface area contributed by atoms with Crippen molar-refractivity contribution in [2.75, 3.05) is 0 Å². The summed E-state index contributed by atoms with van der Waals surface area (Å²) >= 11 is 0. The van der Waals surface area contributed by atoms with Crippen LogP contribution in [-0.4, -0.2) is 0 Å². The molecular weight excluding hydrogens is 348 g/mol. The second-order valence-corrected chi connectivity index (χ2v) is 13.4. The number of hydrogen-bond acceptors (Lipinski definition) is 0. The van der Waals surface area contributed by atoms with Gasteiger partial charge in [0.2, 0.25) is 0 Å². The molecule has 0 saturated heterocycles. The summed E-state index contributed by atoms with van der Waals surface area (Å²) in [5.41, 5.74) is 3.44. The minimum Gasteiger partial charge on any atom is -0.0839 e. The van der Waals surface area contributed by atoms with Crippen LogP contribution in [0.4, 0.5) is 0 Å². The largest absolute Gasteiger partial charge is 0.0839 e. The van der Waals surface area contributed by atoms with Crippen molar-refractivity contribution in [2.24, 2.45) is 51.8 Å². The average Bonchev–Trinajstić information content (AvgIpc) is 2.98. The van der Waals surface area contributed by atoms with Gasteiger partial charge in [0.25, 0.3) is 0 Å². The highest BCUT2D eigenvalue weighted by Crippen LogP contribution is 2.68. The second-order valence-electron chi connectivity index (χ2n) is 13.4. The van der Waals surface area contributed by atoms with E-state index >= 15 is 0 Å². The summed E-state index contributed by atoms with van der Waals surface area (Å²) in [6.07, 6.45) is 18.9. The molecular formula is C29H50. The first kappa shape index (κ1) is 22.0. The lowest BCUT2D eigenvalue weighted by molar-refractivity contribution is -0.0580. The Kier molecular flexibility index (Phi) is 5.83. The van der Waals surface area contributed by atoms with Gasteiger partial charge in [-0.3, -0.25) is 0 Å². The Morgan fingerprint density at radius 2 is 1.66 bits per heavy atom. The fourth-order valence-corrected chi connectivity index (χ4v) is 9.52. The van der Waals surface area contributed by atoms with E-state index in [4.69, 9.17) is 0 Å². The van der Waals surface area contributed by atoms with E-state index in [1.54, 1.807) is 0 Å². The molecule has 3 saturated carbocycles. The van der Waals surface area contributed by atoms with E-state index < -0.39 is 0 Å². The molecule has 0 bridgehead atoms. The Hall–Kier alpha value is -0.260. The third kappa shape index (κ3) is 3.57. The van der Waals surface area contributed by atoms with Gasteiger partial charge in [-0.05, 0) is 96.7 Å². The van der Waals surface area contributed by atoms with Gasteiger partial charge in [-0.1, -0.05) is 85.8 Å². The van der Waals surface area contributed by atoms with Crippen molar-refractivity contribution in [3.05, 3.63) is 11.6 Å². The number of allylic oxidation sites excluding steroid dienone is 2. The van der Waals surface area contributed by atoms with Gasteiger partial charge in [0, 0.05) is 0 Å². The lowest BCUT2D eigenvalue weighted by Gasteiger charge is -2.60. The molecule has 0 radical (unpaired) electrons. The van der Waals surface area contributed by atoms with Crippen LogP contribution in [0.2, 0.25) is 0 Å². The molecule has 0 spiro atoms. The maximum absolute atomic E-state index is 2.77. The normalized spacial score (nSPS) is 44.6. The molecule has 0 heterocycles. The quantitative estimate of drug-likeness (QED) is 0.405. The van der Waals surface area contributed by atoms with Crippen molar-refractivity contribution < 1.29 is 0 Å². The molecule has 4 rings (SSSR count). The summed E-state index contributed by atoms with van der Waals surface area (Å²) in [5.74, 6) is 5.73. The number of fused-ring (bicyclic) bond motifs is 5. The first-order valence-electron chi connectivity index (χ1n) is 13.3. The first-order chi connectivity index (χ1) is 13.6. The number of rotatable bonds is 5. The topological polar surface area (TPSA) is 0 Å². The third-order valence-corrected chi connectivity index (χ3v) is 10.9. The van der Waals surface area contributed by atoms with E-state index in [9.17, 15) is 0 Å². The van der Waals surface area contributed by atoms with Crippen LogP contribution in [0, 0.1) is 51.8 Å². The predicted molar refractivity (Wildman–Crippen MR) is 127 cm³/mol. The molecule has 3 fully saturated rings. The Bertz CT molecular complexity index is 624. The molecule has 29 heavy (non-hydrogen) atoms. The van der Waals surface area contributed by atoms with Crippen LogP contribution in [0.15, 0.2) is 11.6 Å². The van der Waals surface area contributed by atoms with E-state index in [2.05, 4.69) is 54.5 Å². The van der Waals surface area contributed by atoms with Crippen molar-refractivity contribution in [1.29, 1.82) is 0 Å². The van der Waals surface area contributed by atoms with Crippen LogP contribution in [0.1, 0.15) is 119 Å². The predicted octanol–water partition coefficient (Wildman–Crippen LogP) is 9.05. The van der Waals surface area contributed by atoms with Gasteiger partial charge >= 0.3 is 0 Å². The minimum absolute atomic E-state index is 0.446. The standard InChI is InChI=1S/C29H50/c1-20(2)10-8-11-21(3)23-13-14-24-22-12-15-26-27(4,5)17-9-18-29(26,7)25(22)16-19-28(23,24)6/h15,20-25H,8-14,16-19H2,1-7H3/t21?,22-,23+,24-,25-,28+,29+/m0/s1. The van der Waals surface area contributed by atoms with Crippen molar-refractivity contribution in [2.45, 2.75) is 119 Å². The smallest absolute Gasteiger partial charge is 0.00799 e. The van der Waals surface area contributed by atoms with Crippen LogP contribution in [0.25, 0.3) is 0 Å². The molecule has 0 heteroatoms. The summed E-state index contributed by atoms with van der Waals surface area (Å²) in [4.78, 5) is 0. The van der Waals surface area contributed by atoms with Crippen molar-refractivity contribution in [3.63, 3.8) is 0 Å². The highest BCUT2D eigenvalue weighted by molar-refractivity contribution is 5.29. The van der Waals surface area contributed by atoms with Gasteiger partial charge < -0.3 is 0 Å². The Labute approximate surface area is 182 Å². The second kappa shape index (κ2) is 7.70. The van der Waals surface area contributed by atoms with Crippen LogP contribution < -0.4 is 0 Å².